The van der Waals surface area contributed by atoms with Crippen molar-refractivity contribution in [2.45, 2.75) is 148 Å². The Morgan fingerprint density at radius 1 is 0.481 bits per heavy atom. The first-order chi connectivity index (χ1) is 36.9. The van der Waals surface area contributed by atoms with Gasteiger partial charge < -0.3 is 52.1 Å². The molecule has 16 aliphatic rings. The summed E-state index contributed by atoms with van der Waals surface area (Å²) >= 11 is 1.72. The monoisotopic (exact) mass is 1090 g/mol. The van der Waals surface area contributed by atoms with Crippen LogP contribution in [0.2, 0.25) is 0 Å². The predicted octanol–water partition coefficient (Wildman–Crippen LogP) is 3.09. The number of thioether (sulfide) groups is 1. The first-order valence-electron chi connectivity index (χ1n) is 26.4. The number of carbonyl (C=O) groups is 10. The number of rotatable bonds is 10. The van der Waals surface area contributed by atoms with Crippen LogP contribution in [0.25, 0.3) is 0 Å². The van der Waals surface area contributed by atoms with E-state index in [2.05, 4.69) is 32.9 Å². The van der Waals surface area contributed by atoms with E-state index < -0.39 is 42.1 Å². The molecule has 0 N–H and O–H groups in total. The number of hydrogen-bond donors (Lipinski definition) is 0. The molecule has 0 aromatic heterocycles. The Balaban J connectivity index is 0.000000102. The fourth-order valence-corrected chi connectivity index (χ4v) is 17.3. The quantitative estimate of drug-likeness (QED) is 0.173. The van der Waals surface area contributed by atoms with E-state index in [0.717, 1.165) is 81.7 Å². The maximum absolute atomic E-state index is 11.7. The van der Waals surface area contributed by atoms with Gasteiger partial charge in [-0.3, -0.25) is 24.0 Å². The van der Waals surface area contributed by atoms with Crippen LogP contribution in [0.4, 0.5) is 0 Å². The van der Waals surface area contributed by atoms with E-state index in [1.54, 1.807) is 11.8 Å². The topological polar surface area (TPSA) is 272 Å². The highest BCUT2D eigenvalue weighted by Gasteiger charge is 2.70. The maximum Gasteiger partial charge on any atom is 0.330 e. The Bertz CT molecular complexity index is 2450. The zero-order valence-corrected chi connectivity index (χ0v) is 42.9. The van der Waals surface area contributed by atoms with Gasteiger partial charge in [-0.2, -0.15) is 0 Å². The maximum atomic E-state index is 11.7. The van der Waals surface area contributed by atoms with Crippen molar-refractivity contribution in [3.63, 3.8) is 0 Å². The lowest BCUT2D eigenvalue weighted by Gasteiger charge is -2.43. The highest BCUT2D eigenvalue weighted by atomic mass is 32.2. The van der Waals surface area contributed by atoms with E-state index in [1.807, 2.05) is 6.92 Å². The standard InChI is InChI=1S/2C12H14O4.C11H12O4.C10H10O5.C10H10O4S/c1-3-8(13)15-9-6-4-7-10(9)16-11(14)12(7,2)5-6;1-2-9(13)15-10-6-3-4-7-8(5-6)12(14)16-11(7)10;1-2-8(12)14-9-5-3-6-7(4-5)11(13)15-10(6)9;1-2-6(11)14-8-5-3-4-7(13-5)9(8)15-10(4)12;1-2-6(11)13-7-5-3-4-9(15-5)8(7)14-10(4)12/h3,6-7,9-10H,1,4-5H2,2H3;2,6-8,10-11H,1,3-5H2;2,5-7,9-10H,1,3-4H2;2*2,4-5,7-9H,1,3H2. The molecule has 25 atom stereocenters. The van der Waals surface area contributed by atoms with Crippen molar-refractivity contribution < 1.29 is 100 Å². The molecule has 25 unspecified atom stereocenters. The summed E-state index contributed by atoms with van der Waals surface area (Å²) in [4.78, 5) is 113. The number of carbonyl (C=O) groups excluding carboxylic acids is 10. The molecular weight excluding hydrogens is 1030 g/mol. The number of hydrogen-bond acceptors (Lipinski definition) is 22. The van der Waals surface area contributed by atoms with Gasteiger partial charge in [0.1, 0.15) is 42.7 Å². The van der Waals surface area contributed by atoms with E-state index >= 15 is 0 Å². The third-order valence-corrected chi connectivity index (χ3v) is 20.5. The van der Waals surface area contributed by atoms with Crippen molar-refractivity contribution in [3.8, 4) is 0 Å². The zero-order chi connectivity index (χ0) is 54.5. The van der Waals surface area contributed by atoms with Crippen LogP contribution in [-0.4, -0.2) is 143 Å². The SMILES string of the molecule is C=CC(=O)OC1C2CC3C(=O)OC1C3C2.C=CC(=O)OC1C2CC3C(=O)OC1C3O2.C=CC(=O)OC1C2CC3C(=O)OC1C3S2.C=CC(=O)OC1C2CC3C1OC(=O)C3(C)C2.C=CC(=O)OC1C2CCC3C(C2)C(=O)OC31. The van der Waals surface area contributed by atoms with Crippen molar-refractivity contribution in [2.24, 2.45) is 64.6 Å². The molecule has 7 saturated carbocycles. The van der Waals surface area contributed by atoms with E-state index in [9.17, 15) is 47.9 Å². The van der Waals surface area contributed by atoms with Crippen molar-refractivity contribution in [3.05, 3.63) is 63.3 Å². The fraction of sp³-hybridized carbons (Fsp3) is 0.636. The number of esters is 10. The first-order valence-corrected chi connectivity index (χ1v) is 27.3. The molecule has 0 radical (unpaired) electrons. The van der Waals surface area contributed by atoms with Crippen LogP contribution in [0.1, 0.15) is 64.7 Å². The summed E-state index contributed by atoms with van der Waals surface area (Å²) < 4.78 is 58.0. The van der Waals surface area contributed by atoms with Crippen molar-refractivity contribution in [1.29, 1.82) is 0 Å². The summed E-state index contributed by atoms with van der Waals surface area (Å²) in [5.41, 5.74) is -0.327. The highest BCUT2D eigenvalue weighted by molar-refractivity contribution is 8.01. The minimum absolute atomic E-state index is 0.0312. The van der Waals surface area contributed by atoms with Gasteiger partial charge in [-0.15, -0.1) is 11.8 Å². The molecule has 9 saturated heterocycles. The smallest absolute Gasteiger partial charge is 0.330 e. The molecule has 16 rings (SSSR count). The molecule has 0 aromatic carbocycles. The molecule has 0 amide bonds. The summed E-state index contributed by atoms with van der Waals surface area (Å²) in [6.45, 7) is 18.7. The van der Waals surface area contributed by atoms with Crippen LogP contribution in [0, 0.1) is 64.6 Å². The molecule has 77 heavy (non-hydrogen) atoms. The van der Waals surface area contributed by atoms with Crippen LogP contribution < -0.4 is 0 Å². The van der Waals surface area contributed by atoms with Crippen molar-refractivity contribution in [1.82, 2.24) is 0 Å². The van der Waals surface area contributed by atoms with E-state index in [4.69, 9.17) is 52.1 Å². The van der Waals surface area contributed by atoms with Gasteiger partial charge in [0.15, 0.2) is 24.4 Å². The highest BCUT2D eigenvalue weighted by Crippen LogP contribution is 2.62. The Labute approximate surface area is 446 Å². The van der Waals surface area contributed by atoms with Crippen LogP contribution >= 0.6 is 11.8 Å². The third-order valence-electron chi connectivity index (χ3n) is 18.7. The summed E-state index contributed by atoms with van der Waals surface area (Å²) in [5.74, 6) is -1.26. The summed E-state index contributed by atoms with van der Waals surface area (Å²) in [5, 5.41) is 0.422. The van der Waals surface area contributed by atoms with Crippen molar-refractivity contribution in [2.75, 3.05) is 0 Å². The Morgan fingerprint density at radius 2 is 0.974 bits per heavy atom. The summed E-state index contributed by atoms with van der Waals surface area (Å²) in [6, 6.07) is 0. The zero-order valence-electron chi connectivity index (χ0n) is 42.1. The molecule has 12 bridgehead atoms. The van der Waals surface area contributed by atoms with Crippen LogP contribution in [0.15, 0.2) is 63.3 Å². The van der Waals surface area contributed by atoms with E-state index in [-0.39, 0.29) is 160 Å². The minimum atomic E-state index is -0.504. The Morgan fingerprint density at radius 3 is 1.60 bits per heavy atom. The van der Waals surface area contributed by atoms with Gasteiger partial charge >= 0.3 is 59.7 Å². The molecule has 21 nitrogen and oxygen atoms in total. The molecule has 9 aliphatic heterocycles. The normalized spacial score (nSPS) is 45.6. The van der Waals surface area contributed by atoms with Crippen LogP contribution in [0.5, 0.6) is 0 Å². The molecule has 0 aromatic rings. The van der Waals surface area contributed by atoms with E-state index in [1.165, 1.54) is 0 Å². The predicted molar refractivity (Wildman–Crippen MR) is 258 cm³/mol. The van der Waals surface area contributed by atoms with Gasteiger partial charge in [0.25, 0.3) is 0 Å². The van der Waals surface area contributed by atoms with Gasteiger partial charge in [0.2, 0.25) is 0 Å². The molecule has 9 heterocycles. The molecule has 412 valence electrons. The molecule has 0 spiro atoms. The average Bonchev–Trinajstić information content (AvgIpc) is 4.50. The van der Waals surface area contributed by atoms with Crippen LogP contribution in [0.3, 0.4) is 0 Å². The second-order valence-corrected chi connectivity index (χ2v) is 24.0. The van der Waals surface area contributed by atoms with Gasteiger partial charge in [0, 0.05) is 71.1 Å². The third kappa shape index (κ3) is 8.88. The number of fused-ring (bicyclic) bond motifs is 5. The lowest BCUT2D eigenvalue weighted by Crippen LogP contribution is -2.50. The number of ether oxygens (including phenoxy) is 11. The van der Waals surface area contributed by atoms with Gasteiger partial charge in [-0.1, -0.05) is 32.9 Å². The lowest BCUT2D eigenvalue weighted by atomic mass is 9.63. The Kier molecular flexibility index (Phi) is 13.8. The van der Waals surface area contributed by atoms with Crippen molar-refractivity contribution >= 4 is 71.5 Å². The van der Waals surface area contributed by atoms with Gasteiger partial charge in [-0.05, 0) is 64.7 Å². The fourth-order valence-electron chi connectivity index (χ4n) is 15.4. The second kappa shape index (κ2) is 20.2. The van der Waals surface area contributed by atoms with E-state index in [0.29, 0.717) is 12.3 Å². The molecule has 16 fully saturated rings. The lowest BCUT2D eigenvalue weighted by molar-refractivity contribution is -0.167. The minimum Gasteiger partial charge on any atom is -0.458 e. The largest absolute Gasteiger partial charge is 0.458 e. The van der Waals surface area contributed by atoms with Crippen LogP contribution in [-0.2, 0) is 100 Å². The second-order valence-electron chi connectivity index (χ2n) is 22.5. The first kappa shape index (κ1) is 52.7. The summed E-state index contributed by atoms with van der Waals surface area (Å²) in [6.07, 6.45) is 10.3. The van der Waals surface area contributed by atoms with Gasteiger partial charge in [0.05, 0.1) is 40.4 Å². The summed E-state index contributed by atoms with van der Waals surface area (Å²) in [7, 11) is 0. The Hall–Kier alpha value is -6.29. The molecular formula is C55H60O21S. The average molecular weight is 1090 g/mol. The molecule has 7 aliphatic carbocycles. The molecule has 22 heteroatoms. The van der Waals surface area contributed by atoms with Gasteiger partial charge in [-0.25, -0.2) is 24.0 Å².